The quantitative estimate of drug-likeness (QED) is 0.845. The molecule has 1 aromatic heterocycles. The molecule has 0 radical (unpaired) electrons. The summed E-state index contributed by atoms with van der Waals surface area (Å²) in [7, 11) is 2.94. The Morgan fingerprint density at radius 1 is 1.33 bits per heavy atom. The molecule has 21 heavy (non-hydrogen) atoms. The van der Waals surface area contributed by atoms with E-state index in [1.165, 1.54) is 17.9 Å². The number of esters is 1. The van der Waals surface area contributed by atoms with Crippen LogP contribution in [0.25, 0.3) is 0 Å². The van der Waals surface area contributed by atoms with Crippen LogP contribution in [0.2, 0.25) is 0 Å². The van der Waals surface area contributed by atoms with Crippen molar-refractivity contribution in [1.29, 1.82) is 0 Å². The molecular weight excluding hydrogens is 272 g/mol. The van der Waals surface area contributed by atoms with E-state index in [4.69, 9.17) is 0 Å². The second-order valence-corrected chi connectivity index (χ2v) is 6.11. The number of aryl methyl sites for hydroxylation is 1. The van der Waals surface area contributed by atoms with Crippen molar-refractivity contribution in [3.8, 4) is 0 Å². The first-order chi connectivity index (χ1) is 9.82. The van der Waals surface area contributed by atoms with E-state index in [2.05, 4.69) is 29.0 Å². The van der Waals surface area contributed by atoms with Gasteiger partial charge in [-0.1, -0.05) is 13.8 Å². The summed E-state index contributed by atoms with van der Waals surface area (Å²) in [5, 5.41) is 6.83. The van der Waals surface area contributed by atoms with Gasteiger partial charge in [0.1, 0.15) is 5.69 Å². The molecule has 7 heteroatoms. The second kappa shape index (κ2) is 5.75. The highest BCUT2D eigenvalue weighted by Crippen LogP contribution is 2.29. The molecule has 2 rings (SSSR count). The zero-order valence-electron chi connectivity index (χ0n) is 13.0. The average Bonchev–Trinajstić information content (AvgIpc) is 2.78. The predicted octanol–water partition coefficient (Wildman–Crippen LogP) is 1.86. The Morgan fingerprint density at radius 2 is 1.95 bits per heavy atom. The number of nitrogens with one attached hydrogen (secondary N) is 1. The van der Waals surface area contributed by atoms with E-state index < -0.39 is 5.97 Å². The highest BCUT2D eigenvalue weighted by atomic mass is 16.5. The minimum Gasteiger partial charge on any atom is -0.464 e. The Kier molecular flexibility index (Phi) is 4.20. The number of anilines is 1. The molecule has 0 bridgehead atoms. The predicted molar refractivity (Wildman–Crippen MR) is 78.2 cm³/mol. The van der Waals surface area contributed by atoms with E-state index in [-0.39, 0.29) is 6.03 Å². The topological polar surface area (TPSA) is 76.5 Å². The van der Waals surface area contributed by atoms with E-state index in [9.17, 15) is 9.59 Å². The highest BCUT2D eigenvalue weighted by molar-refractivity contribution is 5.92. The minimum atomic E-state index is -0.481. The number of piperidine rings is 1. The smallest absolute Gasteiger partial charge is 0.356 e. The molecule has 0 unspecified atom stereocenters. The van der Waals surface area contributed by atoms with Gasteiger partial charge in [0.05, 0.1) is 7.11 Å². The van der Waals surface area contributed by atoms with Crippen LogP contribution in [0.4, 0.5) is 10.6 Å². The van der Waals surface area contributed by atoms with Crippen LogP contribution in [-0.2, 0) is 11.8 Å². The zero-order valence-corrected chi connectivity index (χ0v) is 13.0. The number of hydrogen-bond acceptors (Lipinski definition) is 4. The maximum Gasteiger partial charge on any atom is 0.356 e. The van der Waals surface area contributed by atoms with E-state index in [1.54, 1.807) is 11.9 Å². The van der Waals surface area contributed by atoms with Gasteiger partial charge in [0.15, 0.2) is 5.82 Å². The van der Waals surface area contributed by atoms with Gasteiger partial charge in [-0.2, -0.15) is 5.10 Å². The maximum atomic E-state index is 12.2. The van der Waals surface area contributed by atoms with E-state index in [1.807, 2.05) is 0 Å². The summed E-state index contributed by atoms with van der Waals surface area (Å²) in [6, 6.07) is 1.33. The summed E-state index contributed by atoms with van der Waals surface area (Å²) >= 11 is 0. The first-order valence-corrected chi connectivity index (χ1v) is 7.01. The van der Waals surface area contributed by atoms with Crippen molar-refractivity contribution < 1.29 is 14.3 Å². The van der Waals surface area contributed by atoms with Gasteiger partial charge < -0.3 is 9.64 Å². The Bertz CT molecular complexity index is 540. The van der Waals surface area contributed by atoms with Gasteiger partial charge in [0.2, 0.25) is 0 Å². The van der Waals surface area contributed by atoms with Crippen molar-refractivity contribution in [2.45, 2.75) is 26.7 Å². The number of nitrogens with zero attached hydrogens (tertiary/aromatic N) is 3. The average molecular weight is 294 g/mol. The van der Waals surface area contributed by atoms with Crippen LogP contribution >= 0.6 is 0 Å². The van der Waals surface area contributed by atoms with Crippen LogP contribution in [-0.4, -0.2) is 46.9 Å². The second-order valence-electron chi connectivity index (χ2n) is 6.11. The number of urea groups is 1. The molecule has 116 valence electrons. The summed E-state index contributed by atoms with van der Waals surface area (Å²) in [4.78, 5) is 25.5. The third-order valence-corrected chi connectivity index (χ3v) is 3.91. The van der Waals surface area contributed by atoms with Crippen molar-refractivity contribution >= 4 is 17.8 Å². The normalized spacial score (nSPS) is 17.4. The first kappa shape index (κ1) is 15.3. The molecule has 0 atom stereocenters. The molecule has 0 aromatic carbocycles. The molecule has 1 aliphatic heterocycles. The molecule has 2 heterocycles. The van der Waals surface area contributed by atoms with Crippen LogP contribution in [0.3, 0.4) is 0 Å². The van der Waals surface area contributed by atoms with E-state index in [0.717, 1.165) is 25.9 Å². The standard InChI is InChI=1S/C14H22N4O3/c1-14(2)5-7-18(8-6-14)13(20)15-11-9-10(12(19)21-4)17(3)16-11/h9H,5-8H2,1-4H3,(H,15,16,20). The number of likely N-dealkylation sites (tertiary alicyclic amines) is 1. The van der Waals surface area contributed by atoms with Gasteiger partial charge in [0.25, 0.3) is 0 Å². The molecule has 0 spiro atoms. The van der Waals surface area contributed by atoms with Gasteiger partial charge in [-0.05, 0) is 18.3 Å². The number of hydrogen-bond donors (Lipinski definition) is 1. The van der Waals surface area contributed by atoms with Crippen molar-refractivity contribution in [2.75, 3.05) is 25.5 Å². The minimum absolute atomic E-state index is 0.181. The fourth-order valence-electron chi connectivity index (χ4n) is 2.33. The van der Waals surface area contributed by atoms with Crippen LogP contribution < -0.4 is 5.32 Å². The van der Waals surface area contributed by atoms with Crippen molar-refractivity contribution in [2.24, 2.45) is 12.5 Å². The lowest BCUT2D eigenvalue weighted by Gasteiger charge is -2.36. The molecule has 1 aromatic rings. The molecule has 1 N–H and O–H groups in total. The Labute approximate surface area is 124 Å². The van der Waals surface area contributed by atoms with Crippen molar-refractivity contribution in [1.82, 2.24) is 14.7 Å². The molecule has 7 nitrogen and oxygen atoms in total. The third-order valence-electron chi connectivity index (χ3n) is 3.91. The van der Waals surface area contributed by atoms with Crippen LogP contribution in [0, 0.1) is 5.41 Å². The fourth-order valence-corrected chi connectivity index (χ4v) is 2.33. The lowest BCUT2D eigenvalue weighted by molar-refractivity contribution is 0.0588. The molecule has 2 amide bonds. The lowest BCUT2D eigenvalue weighted by Crippen LogP contribution is -2.43. The lowest BCUT2D eigenvalue weighted by atomic mass is 9.83. The molecule has 1 aliphatic rings. The summed E-state index contributed by atoms with van der Waals surface area (Å²) in [6.45, 7) is 5.89. The zero-order chi connectivity index (χ0) is 15.6. The number of carbonyl (C=O) groups is 2. The molecule has 0 aliphatic carbocycles. The van der Waals surface area contributed by atoms with Gasteiger partial charge >= 0.3 is 12.0 Å². The SMILES string of the molecule is COC(=O)c1cc(NC(=O)N2CCC(C)(C)CC2)nn1C. The molecule has 1 saturated heterocycles. The summed E-state index contributed by atoms with van der Waals surface area (Å²) in [5.74, 6) is -0.127. The van der Waals surface area contributed by atoms with Gasteiger partial charge in [-0.15, -0.1) is 0 Å². The Hall–Kier alpha value is -2.05. The number of methoxy groups -OCH3 is 1. The van der Waals surface area contributed by atoms with Gasteiger partial charge in [-0.25, -0.2) is 9.59 Å². The molecule has 1 fully saturated rings. The molecular formula is C14H22N4O3. The summed E-state index contributed by atoms with van der Waals surface area (Å²) < 4.78 is 6.04. The van der Waals surface area contributed by atoms with E-state index in [0.29, 0.717) is 16.9 Å². The Balaban J connectivity index is 1.99. The molecule has 0 saturated carbocycles. The highest BCUT2D eigenvalue weighted by Gasteiger charge is 2.28. The summed E-state index contributed by atoms with van der Waals surface area (Å²) in [5.41, 5.74) is 0.590. The first-order valence-electron chi connectivity index (χ1n) is 7.01. The monoisotopic (exact) mass is 294 g/mol. The van der Waals surface area contributed by atoms with Crippen molar-refractivity contribution in [3.05, 3.63) is 11.8 Å². The maximum absolute atomic E-state index is 12.2. The number of amides is 2. The van der Waals surface area contributed by atoms with Gasteiger partial charge in [0, 0.05) is 26.2 Å². The largest absolute Gasteiger partial charge is 0.464 e. The number of carbonyl (C=O) groups excluding carboxylic acids is 2. The number of aromatic nitrogens is 2. The van der Waals surface area contributed by atoms with Crippen LogP contribution in [0.15, 0.2) is 6.07 Å². The van der Waals surface area contributed by atoms with Crippen molar-refractivity contribution in [3.63, 3.8) is 0 Å². The van der Waals surface area contributed by atoms with Crippen LogP contribution in [0.5, 0.6) is 0 Å². The fraction of sp³-hybridized carbons (Fsp3) is 0.643. The van der Waals surface area contributed by atoms with E-state index >= 15 is 0 Å². The Morgan fingerprint density at radius 3 is 2.52 bits per heavy atom. The number of rotatable bonds is 2. The van der Waals surface area contributed by atoms with Gasteiger partial charge in [-0.3, -0.25) is 10.00 Å². The third kappa shape index (κ3) is 3.53. The number of ether oxygens (including phenoxy) is 1. The van der Waals surface area contributed by atoms with Crippen LogP contribution in [0.1, 0.15) is 37.2 Å². The summed E-state index contributed by atoms with van der Waals surface area (Å²) in [6.07, 6.45) is 1.96.